The van der Waals surface area contributed by atoms with Crippen LogP contribution in [0.2, 0.25) is 0 Å². The van der Waals surface area contributed by atoms with E-state index in [0.29, 0.717) is 5.56 Å². The third-order valence-corrected chi connectivity index (χ3v) is 2.66. The fourth-order valence-corrected chi connectivity index (χ4v) is 1.98. The average Bonchev–Trinajstić information content (AvgIpc) is 2.38. The van der Waals surface area contributed by atoms with Gasteiger partial charge in [0.1, 0.15) is 6.07 Å². The van der Waals surface area contributed by atoms with Gasteiger partial charge in [0.05, 0.1) is 17.5 Å². The normalized spacial score (nSPS) is 15.9. The van der Waals surface area contributed by atoms with Gasteiger partial charge in [-0.1, -0.05) is 6.42 Å². The molecule has 0 saturated heterocycles. The van der Waals surface area contributed by atoms with Crippen molar-refractivity contribution in [1.29, 1.82) is 5.26 Å². The summed E-state index contributed by atoms with van der Waals surface area (Å²) in [5.74, 6) is 0. The molecule has 68 valence electrons. The van der Waals surface area contributed by atoms with E-state index in [1.165, 1.54) is 12.6 Å². The summed E-state index contributed by atoms with van der Waals surface area (Å²) in [6.45, 7) is 0. The standard InChI is InChI=1S/C10H12N2O/c11-6-8-7-12(13)10-5-3-1-2-4-9(8)10/h7,13H,1-5H2. The fraction of sp³-hybridized carbons (Fsp3) is 0.500. The summed E-state index contributed by atoms with van der Waals surface area (Å²) >= 11 is 0. The van der Waals surface area contributed by atoms with E-state index in [2.05, 4.69) is 6.07 Å². The van der Waals surface area contributed by atoms with Gasteiger partial charge < -0.3 is 5.21 Å². The average molecular weight is 176 g/mol. The van der Waals surface area contributed by atoms with Gasteiger partial charge in [-0.05, 0) is 31.2 Å². The highest BCUT2D eigenvalue weighted by atomic mass is 16.5. The van der Waals surface area contributed by atoms with Crippen molar-refractivity contribution < 1.29 is 5.21 Å². The molecule has 0 atom stereocenters. The lowest BCUT2D eigenvalue weighted by molar-refractivity contribution is 0.177. The minimum absolute atomic E-state index is 0.638. The first-order valence-electron chi connectivity index (χ1n) is 4.65. The number of fused-ring (bicyclic) bond motifs is 1. The van der Waals surface area contributed by atoms with E-state index in [4.69, 9.17) is 5.26 Å². The van der Waals surface area contributed by atoms with Crippen molar-refractivity contribution in [2.75, 3.05) is 0 Å². The molecule has 0 radical (unpaired) electrons. The van der Waals surface area contributed by atoms with Gasteiger partial charge in [-0.15, -0.1) is 0 Å². The van der Waals surface area contributed by atoms with Gasteiger partial charge in [0, 0.05) is 0 Å². The Morgan fingerprint density at radius 2 is 2.08 bits per heavy atom. The second-order valence-electron chi connectivity index (χ2n) is 3.49. The Morgan fingerprint density at radius 1 is 1.31 bits per heavy atom. The Bertz CT molecular complexity index is 360. The molecule has 0 unspecified atom stereocenters. The summed E-state index contributed by atoms with van der Waals surface area (Å²) in [6.07, 6.45) is 6.79. The third kappa shape index (κ3) is 1.29. The zero-order chi connectivity index (χ0) is 9.26. The highest BCUT2D eigenvalue weighted by molar-refractivity contribution is 5.41. The van der Waals surface area contributed by atoms with Crippen LogP contribution in [0, 0.1) is 11.3 Å². The van der Waals surface area contributed by atoms with Crippen LogP contribution in [0.3, 0.4) is 0 Å². The zero-order valence-corrected chi connectivity index (χ0v) is 7.45. The van der Waals surface area contributed by atoms with Crippen LogP contribution < -0.4 is 0 Å². The van der Waals surface area contributed by atoms with Gasteiger partial charge in [0.15, 0.2) is 0 Å². The number of hydrogen-bond donors (Lipinski definition) is 1. The molecule has 0 aromatic carbocycles. The largest absolute Gasteiger partial charge is 0.429 e. The van der Waals surface area contributed by atoms with Crippen molar-refractivity contribution in [3.05, 3.63) is 23.0 Å². The number of nitriles is 1. The van der Waals surface area contributed by atoms with E-state index >= 15 is 0 Å². The minimum atomic E-state index is 0.638. The summed E-state index contributed by atoms with van der Waals surface area (Å²) in [5.41, 5.74) is 2.64. The second-order valence-corrected chi connectivity index (χ2v) is 3.49. The molecule has 3 heteroatoms. The first-order valence-corrected chi connectivity index (χ1v) is 4.65. The highest BCUT2D eigenvalue weighted by Crippen LogP contribution is 2.24. The smallest absolute Gasteiger partial charge is 0.101 e. The molecule has 1 aliphatic rings. The number of aromatic nitrogens is 1. The van der Waals surface area contributed by atoms with E-state index in [1.54, 1.807) is 0 Å². The van der Waals surface area contributed by atoms with Crippen LogP contribution in [0.4, 0.5) is 0 Å². The quantitative estimate of drug-likeness (QED) is 0.484. The van der Waals surface area contributed by atoms with Crippen LogP contribution >= 0.6 is 0 Å². The number of hydrogen-bond acceptors (Lipinski definition) is 2. The van der Waals surface area contributed by atoms with Crippen LogP contribution in [0.5, 0.6) is 0 Å². The van der Waals surface area contributed by atoms with Crippen molar-refractivity contribution in [3.8, 4) is 6.07 Å². The molecule has 0 spiro atoms. The Hall–Kier alpha value is -1.43. The number of rotatable bonds is 0. The van der Waals surface area contributed by atoms with Gasteiger partial charge in [0.2, 0.25) is 0 Å². The molecule has 1 aliphatic carbocycles. The van der Waals surface area contributed by atoms with E-state index in [1.807, 2.05) is 0 Å². The van der Waals surface area contributed by atoms with E-state index in [0.717, 1.165) is 41.7 Å². The SMILES string of the molecule is N#Cc1cn(O)c2c1CCCCC2. The van der Waals surface area contributed by atoms with Gasteiger partial charge in [-0.3, -0.25) is 0 Å². The Kier molecular flexibility index (Phi) is 1.97. The first kappa shape index (κ1) is 8.18. The van der Waals surface area contributed by atoms with Crippen molar-refractivity contribution in [1.82, 2.24) is 4.73 Å². The summed E-state index contributed by atoms with van der Waals surface area (Å²) in [5, 5.41) is 18.3. The lowest BCUT2D eigenvalue weighted by atomic mass is 10.1. The molecule has 2 rings (SSSR count). The maximum Gasteiger partial charge on any atom is 0.101 e. The maximum absolute atomic E-state index is 9.50. The lowest BCUT2D eigenvalue weighted by Crippen LogP contribution is -1.97. The van der Waals surface area contributed by atoms with Gasteiger partial charge in [-0.25, -0.2) is 0 Å². The third-order valence-electron chi connectivity index (χ3n) is 2.66. The first-order chi connectivity index (χ1) is 6.33. The van der Waals surface area contributed by atoms with Crippen LogP contribution in [0.1, 0.15) is 36.1 Å². The van der Waals surface area contributed by atoms with Crippen molar-refractivity contribution >= 4 is 0 Å². The second kappa shape index (κ2) is 3.14. The summed E-state index contributed by atoms with van der Waals surface area (Å²) in [6, 6.07) is 2.12. The number of nitrogens with zero attached hydrogens (tertiary/aromatic N) is 2. The minimum Gasteiger partial charge on any atom is -0.429 e. The van der Waals surface area contributed by atoms with Gasteiger partial charge in [-0.2, -0.15) is 9.99 Å². The molecule has 1 aromatic rings. The van der Waals surface area contributed by atoms with Crippen LogP contribution in [0.15, 0.2) is 6.20 Å². The molecule has 0 saturated carbocycles. The summed E-state index contributed by atoms with van der Waals surface area (Å²) in [7, 11) is 0. The Balaban J connectivity index is 2.49. The van der Waals surface area contributed by atoms with Crippen LogP contribution in [-0.4, -0.2) is 9.94 Å². The molecule has 1 aromatic heterocycles. The molecule has 0 fully saturated rings. The molecule has 1 heterocycles. The molecule has 1 N–H and O–H groups in total. The zero-order valence-electron chi connectivity index (χ0n) is 7.45. The molecule has 3 nitrogen and oxygen atoms in total. The maximum atomic E-state index is 9.50. The molecular weight excluding hydrogens is 164 g/mol. The van der Waals surface area contributed by atoms with E-state index in [-0.39, 0.29) is 0 Å². The van der Waals surface area contributed by atoms with Crippen molar-refractivity contribution in [2.24, 2.45) is 0 Å². The topological polar surface area (TPSA) is 49.0 Å². The highest BCUT2D eigenvalue weighted by Gasteiger charge is 2.17. The lowest BCUT2D eigenvalue weighted by Gasteiger charge is -2.00. The Morgan fingerprint density at radius 3 is 2.85 bits per heavy atom. The van der Waals surface area contributed by atoms with Crippen molar-refractivity contribution in [3.63, 3.8) is 0 Å². The predicted molar refractivity (Wildman–Crippen MR) is 47.6 cm³/mol. The molecular formula is C10H12N2O. The van der Waals surface area contributed by atoms with Crippen LogP contribution in [-0.2, 0) is 12.8 Å². The fourth-order valence-electron chi connectivity index (χ4n) is 1.98. The monoisotopic (exact) mass is 176 g/mol. The van der Waals surface area contributed by atoms with Gasteiger partial charge in [0.25, 0.3) is 0 Å². The molecule has 0 aliphatic heterocycles. The van der Waals surface area contributed by atoms with Crippen LogP contribution in [0.25, 0.3) is 0 Å². The van der Waals surface area contributed by atoms with Gasteiger partial charge >= 0.3 is 0 Å². The molecule has 0 amide bonds. The molecule has 0 bridgehead atoms. The van der Waals surface area contributed by atoms with E-state index in [9.17, 15) is 5.21 Å². The predicted octanol–water partition coefficient (Wildman–Crippen LogP) is 1.87. The van der Waals surface area contributed by atoms with E-state index < -0.39 is 0 Å². The summed E-state index contributed by atoms with van der Waals surface area (Å²) in [4.78, 5) is 0. The summed E-state index contributed by atoms with van der Waals surface area (Å²) < 4.78 is 1.12. The van der Waals surface area contributed by atoms with Crippen molar-refractivity contribution in [2.45, 2.75) is 32.1 Å². The Labute approximate surface area is 77.2 Å². The molecule has 13 heavy (non-hydrogen) atoms.